The molecule has 1 heterocycles. The molecule has 26 heavy (non-hydrogen) atoms. The van der Waals surface area contributed by atoms with Gasteiger partial charge < -0.3 is 15.0 Å². The Hall–Kier alpha value is -2.04. The molecular formula is C21H32N2O3. The molecule has 1 aliphatic heterocycles. The van der Waals surface area contributed by atoms with Crippen LogP contribution in [-0.4, -0.2) is 42.5 Å². The van der Waals surface area contributed by atoms with E-state index in [0.717, 1.165) is 31.7 Å². The number of carbonyl (C=O) groups is 2. The van der Waals surface area contributed by atoms with Gasteiger partial charge in [0, 0.05) is 36.0 Å². The molecule has 1 aromatic rings. The molecule has 0 radical (unpaired) electrons. The highest BCUT2D eigenvalue weighted by Gasteiger charge is 2.31. The summed E-state index contributed by atoms with van der Waals surface area (Å²) in [5.41, 5.74) is 0.292. The smallest absolute Gasteiger partial charge is 0.251 e. The first kappa shape index (κ1) is 20.3. The number of piperidine rings is 1. The van der Waals surface area contributed by atoms with Gasteiger partial charge in [-0.1, -0.05) is 20.8 Å². The number of amides is 2. The lowest BCUT2D eigenvalue weighted by Crippen LogP contribution is -2.46. The Balaban J connectivity index is 1.86. The molecular weight excluding hydrogens is 328 g/mol. The number of carbonyl (C=O) groups excluding carboxylic acids is 2. The molecule has 0 aliphatic carbocycles. The van der Waals surface area contributed by atoms with Crippen molar-refractivity contribution < 1.29 is 14.3 Å². The molecule has 144 valence electrons. The Morgan fingerprint density at radius 1 is 1.23 bits per heavy atom. The van der Waals surface area contributed by atoms with Gasteiger partial charge in [0.1, 0.15) is 5.75 Å². The second-order valence-electron chi connectivity index (χ2n) is 8.47. The second kappa shape index (κ2) is 8.56. The summed E-state index contributed by atoms with van der Waals surface area (Å²) >= 11 is 0. The molecule has 5 nitrogen and oxygen atoms in total. The van der Waals surface area contributed by atoms with Gasteiger partial charge in [0.25, 0.3) is 5.91 Å². The fourth-order valence-corrected chi connectivity index (χ4v) is 3.12. The monoisotopic (exact) mass is 360 g/mol. The van der Waals surface area contributed by atoms with Crippen molar-refractivity contribution in [3.63, 3.8) is 0 Å². The van der Waals surface area contributed by atoms with Gasteiger partial charge in [0.2, 0.25) is 5.91 Å². The van der Waals surface area contributed by atoms with E-state index in [-0.39, 0.29) is 23.3 Å². The summed E-state index contributed by atoms with van der Waals surface area (Å²) in [5, 5.41) is 2.87. The number of likely N-dealkylation sites (tertiary alicyclic amines) is 1. The predicted molar refractivity (Wildman–Crippen MR) is 103 cm³/mol. The normalized spacial score (nSPS) is 17.9. The van der Waals surface area contributed by atoms with Crippen LogP contribution in [0.5, 0.6) is 5.75 Å². The van der Waals surface area contributed by atoms with Crippen LogP contribution in [0.3, 0.4) is 0 Å². The zero-order valence-corrected chi connectivity index (χ0v) is 16.7. The van der Waals surface area contributed by atoms with Crippen molar-refractivity contribution in [3.8, 4) is 5.75 Å². The van der Waals surface area contributed by atoms with Gasteiger partial charge in [-0.2, -0.15) is 0 Å². The molecule has 0 unspecified atom stereocenters. The Bertz CT molecular complexity index is 617. The summed E-state index contributed by atoms with van der Waals surface area (Å²) in [6, 6.07) is 7.34. The van der Waals surface area contributed by atoms with Crippen molar-refractivity contribution in [3.05, 3.63) is 29.8 Å². The molecule has 0 spiro atoms. The van der Waals surface area contributed by atoms with Crippen molar-refractivity contribution in [1.29, 1.82) is 0 Å². The van der Waals surface area contributed by atoms with Crippen LogP contribution in [0, 0.1) is 11.3 Å². The lowest BCUT2D eigenvalue weighted by Gasteiger charge is -2.36. The molecule has 0 saturated carbocycles. The minimum Gasteiger partial charge on any atom is -0.493 e. The summed E-state index contributed by atoms with van der Waals surface area (Å²) in [4.78, 5) is 26.4. The lowest BCUT2D eigenvalue weighted by atomic mass is 9.91. The third kappa shape index (κ3) is 5.75. The molecule has 0 bridgehead atoms. The van der Waals surface area contributed by atoms with E-state index < -0.39 is 0 Å². The number of nitrogens with one attached hydrogen (secondary N) is 1. The van der Waals surface area contributed by atoms with Crippen molar-refractivity contribution >= 4 is 11.8 Å². The van der Waals surface area contributed by atoms with Gasteiger partial charge in [-0.05, 0) is 51.0 Å². The standard InChI is InChI=1S/C21H32N2O3/c1-15(2)22-19(24)17-8-10-18(11-9-17)26-14-16-7-6-12-23(13-16)20(25)21(3,4)5/h8-11,15-16H,6-7,12-14H2,1-5H3,(H,22,24)/t16-/m1/s1. The van der Waals surface area contributed by atoms with Crippen molar-refractivity contribution in [2.75, 3.05) is 19.7 Å². The van der Waals surface area contributed by atoms with Crippen LogP contribution in [0.2, 0.25) is 0 Å². The fourth-order valence-electron chi connectivity index (χ4n) is 3.12. The Morgan fingerprint density at radius 3 is 2.46 bits per heavy atom. The van der Waals surface area contributed by atoms with Crippen molar-refractivity contribution in [2.45, 2.75) is 53.5 Å². The van der Waals surface area contributed by atoms with Crippen molar-refractivity contribution in [1.82, 2.24) is 10.2 Å². The maximum Gasteiger partial charge on any atom is 0.251 e. The largest absolute Gasteiger partial charge is 0.493 e. The Kier molecular flexibility index (Phi) is 6.68. The third-order valence-electron chi connectivity index (χ3n) is 4.47. The number of benzene rings is 1. The van der Waals surface area contributed by atoms with E-state index in [4.69, 9.17) is 4.74 Å². The zero-order chi connectivity index (χ0) is 19.3. The summed E-state index contributed by atoms with van der Waals surface area (Å²) in [5.74, 6) is 1.24. The first-order valence-corrected chi connectivity index (χ1v) is 9.50. The van der Waals surface area contributed by atoms with Gasteiger partial charge in [-0.25, -0.2) is 0 Å². The minimum atomic E-state index is -0.338. The molecule has 5 heteroatoms. The first-order valence-electron chi connectivity index (χ1n) is 9.50. The van der Waals surface area contributed by atoms with E-state index in [1.807, 2.05) is 51.7 Å². The fraction of sp³-hybridized carbons (Fsp3) is 0.619. The van der Waals surface area contributed by atoms with E-state index >= 15 is 0 Å². The second-order valence-corrected chi connectivity index (χ2v) is 8.47. The SMILES string of the molecule is CC(C)NC(=O)c1ccc(OC[C@@H]2CCCN(C(=O)C(C)(C)C)C2)cc1. The number of ether oxygens (including phenoxy) is 1. The molecule has 1 fully saturated rings. The number of hydrogen-bond acceptors (Lipinski definition) is 3. The highest BCUT2D eigenvalue weighted by Crippen LogP contribution is 2.24. The number of hydrogen-bond donors (Lipinski definition) is 1. The van der Waals surface area contributed by atoms with Crippen LogP contribution < -0.4 is 10.1 Å². The molecule has 2 amide bonds. The van der Waals surface area contributed by atoms with E-state index in [0.29, 0.717) is 18.1 Å². The maximum absolute atomic E-state index is 12.5. The summed E-state index contributed by atoms with van der Waals surface area (Å²) in [6.45, 7) is 12.0. The van der Waals surface area contributed by atoms with E-state index in [9.17, 15) is 9.59 Å². The van der Waals surface area contributed by atoms with Crippen LogP contribution in [0.15, 0.2) is 24.3 Å². The molecule has 1 atom stereocenters. The summed E-state index contributed by atoms with van der Waals surface area (Å²) < 4.78 is 5.91. The number of nitrogens with zero attached hydrogens (tertiary/aromatic N) is 1. The minimum absolute atomic E-state index is 0.0739. The molecule has 2 rings (SSSR count). The topological polar surface area (TPSA) is 58.6 Å². The quantitative estimate of drug-likeness (QED) is 0.874. The van der Waals surface area contributed by atoms with Gasteiger partial charge >= 0.3 is 0 Å². The van der Waals surface area contributed by atoms with Crippen LogP contribution in [-0.2, 0) is 4.79 Å². The molecule has 1 N–H and O–H groups in total. The highest BCUT2D eigenvalue weighted by atomic mass is 16.5. The summed E-state index contributed by atoms with van der Waals surface area (Å²) in [7, 11) is 0. The van der Waals surface area contributed by atoms with Gasteiger partial charge in [0.05, 0.1) is 6.61 Å². The third-order valence-corrected chi connectivity index (χ3v) is 4.47. The summed E-state index contributed by atoms with van der Waals surface area (Å²) in [6.07, 6.45) is 2.09. The highest BCUT2D eigenvalue weighted by molar-refractivity contribution is 5.94. The first-order chi connectivity index (χ1) is 12.2. The van der Waals surface area contributed by atoms with Crippen LogP contribution in [0.4, 0.5) is 0 Å². The molecule has 1 aliphatic rings. The van der Waals surface area contributed by atoms with Crippen LogP contribution in [0.25, 0.3) is 0 Å². The zero-order valence-electron chi connectivity index (χ0n) is 16.7. The number of rotatable bonds is 5. The molecule has 1 saturated heterocycles. The molecule has 1 aromatic carbocycles. The Morgan fingerprint density at radius 2 is 1.88 bits per heavy atom. The van der Waals surface area contributed by atoms with Crippen molar-refractivity contribution in [2.24, 2.45) is 11.3 Å². The van der Waals surface area contributed by atoms with E-state index in [2.05, 4.69) is 5.32 Å². The van der Waals surface area contributed by atoms with Gasteiger partial charge in [0.15, 0.2) is 0 Å². The average molecular weight is 360 g/mol. The molecule has 0 aromatic heterocycles. The van der Waals surface area contributed by atoms with Crippen LogP contribution in [0.1, 0.15) is 57.8 Å². The van der Waals surface area contributed by atoms with E-state index in [1.54, 1.807) is 12.1 Å². The average Bonchev–Trinajstić information content (AvgIpc) is 2.58. The maximum atomic E-state index is 12.5. The van der Waals surface area contributed by atoms with Gasteiger partial charge in [-0.15, -0.1) is 0 Å². The van der Waals surface area contributed by atoms with Crippen LogP contribution >= 0.6 is 0 Å². The Labute approximate surface area is 157 Å². The van der Waals surface area contributed by atoms with E-state index in [1.165, 1.54) is 0 Å². The lowest BCUT2D eigenvalue weighted by molar-refractivity contribution is -0.141. The van der Waals surface area contributed by atoms with Gasteiger partial charge in [-0.3, -0.25) is 9.59 Å². The predicted octanol–water partition coefficient (Wildman–Crippen LogP) is 3.49.